The summed E-state index contributed by atoms with van der Waals surface area (Å²) in [6, 6.07) is 2.60. The van der Waals surface area contributed by atoms with Gasteiger partial charge in [-0.25, -0.2) is 9.78 Å². The van der Waals surface area contributed by atoms with Gasteiger partial charge >= 0.3 is 5.97 Å². The summed E-state index contributed by atoms with van der Waals surface area (Å²) in [5.41, 5.74) is 5.39. The largest absolute Gasteiger partial charge is 0.477 e. The van der Waals surface area contributed by atoms with Crippen LogP contribution in [0.5, 0.6) is 5.88 Å². The number of carboxylic acids is 1. The molecule has 17 heavy (non-hydrogen) atoms. The molecule has 0 radical (unpaired) electrons. The van der Waals surface area contributed by atoms with Gasteiger partial charge in [-0.2, -0.15) is 0 Å². The summed E-state index contributed by atoms with van der Waals surface area (Å²) in [6.45, 7) is 3.55. The first-order chi connectivity index (χ1) is 7.93. The molecule has 0 aliphatic rings. The summed E-state index contributed by atoms with van der Waals surface area (Å²) in [6.07, 6.45) is -0.160. The molecule has 0 aromatic carbocycles. The number of hydrogen-bond acceptors (Lipinski definition) is 5. The summed E-state index contributed by atoms with van der Waals surface area (Å²) in [5.74, 6) is -1.31. The minimum Gasteiger partial charge on any atom is -0.477 e. The number of nitrogens with two attached hydrogens (primary N) is 1. The number of hydrogen-bond donors (Lipinski definition) is 3. The molecule has 1 aromatic heterocycles. The standard InChI is InChI=1S/C10H13N3O4/c1-5(2)17-8-4-6(9(11)13-16)3-7(12-8)10(14)15/h3-5,16H,1-2H3,(H2,11,13)(H,14,15). The highest BCUT2D eigenvalue weighted by Gasteiger charge is 2.12. The van der Waals surface area contributed by atoms with Gasteiger partial charge in [0.1, 0.15) is 0 Å². The minimum atomic E-state index is -1.22. The number of aromatic nitrogens is 1. The average molecular weight is 239 g/mol. The molecule has 0 aliphatic carbocycles. The van der Waals surface area contributed by atoms with Crippen LogP contribution in [0.3, 0.4) is 0 Å². The fourth-order valence-electron chi connectivity index (χ4n) is 1.12. The van der Waals surface area contributed by atoms with Crippen molar-refractivity contribution in [3.05, 3.63) is 23.4 Å². The zero-order valence-electron chi connectivity index (χ0n) is 9.41. The zero-order chi connectivity index (χ0) is 13.0. The molecular weight excluding hydrogens is 226 g/mol. The molecule has 0 spiro atoms. The van der Waals surface area contributed by atoms with Gasteiger partial charge in [0, 0.05) is 11.6 Å². The highest BCUT2D eigenvalue weighted by molar-refractivity contribution is 5.99. The molecule has 0 amide bonds. The van der Waals surface area contributed by atoms with Crippen molar-refractivity contribution in [3.63, 3.8) is 0 Å². The second-order valence-electron chi connectivity index (χ2n) is 3.54. The summed E-state index contributed by atoms with van der Waals surface area (Å²) in [4.78, 5) is 14.6. The van der Waals surface area contributed by atoms with Crippen molar-refractivity contribution in [3.8, 4) is 5.88 Å². The molecule has 4 N–H and O–H groups in total. The second-order valence-corrected chi connectivity index (χ2v) is 3.54. The lowest BCUT2D eigenvalue weighted by molar-refractivity contribution is 0.0688. The van der Waals surface area contributed by atoms with E-state index < -0.39 is 5.97 Å². The Morgan fingerprint density at radius 3 is 2.65 bits per heavy atom. The fraction of sp³-hybridized carbons (Fsp3) is 0.300. The van der Waals surface area contributed by atoms with Crippen LogP contribution in [0.15, 0.2) is 17.3 Å². The number of nitrogens with zero attached hydrogens (tertiary/aromatic N) is 2. The molecule has 1 rings (SSSR count). The zero-order valence-corrected chi connectivity index (χ0v) is 9.41. The van der Waals surface area contributed by atoms with Crippen molar-refractivity contribution in [2.75, 3.05) is 0 Å². The molecule has 1 aromatic rings. The number of aromatic carboxylic acids is 1. The van der Waals surface area contributed by atoms with Crippen molar-refractivity contribution in [2.45, 2.75) is 20.0 Å². The van der Waals surface area contributed by atoms with E-state index in [0.29, 0.717) is 0 Å². The lowest BCUT2D eigenvalue weighted by Gasteiger charge is -2.10. The van der Waals surface area contributed by atoms with E-state index in [1.807, 2.05) is 0 Å². The van der Waals surface area contributed by atoms with Gasteiger partial charge < -0.3 is 20.8 Å². The summed E-state index contributed by atoms with van der Waals surface area (Å²) in [5, 5.41) is 20.2. The first-order valence-electron chi connectivity index (χ1n) is 4.84. The first-order valence-corrected chi connectivity index (χ1v) is 4.84. The highest BCUT2D eigenvalue weighted by atomic mass is 16.5. The van der Waals surface area contributed by atoms with Crippen LogP contribution in [0.2, 0.25) is 0 Å². The van der Waals surface area contributed by atoms with E-state index in [0.717, 1.165) is 0 Å². The van der Waals surface area contributed by atoms with Gasteiger partial charge in [0.15, 0.2) is 11.5 Å². The molecular formula is C10H13N3O4. The quantitative estimate of drug-likeness (QED) is 0.307. The molecule has 0 saturated heterocycles. The molecule has 0 bridgehead atoms. The van der Waals surface area contributed by atoms with E-state index >= 15 is 0 Å². The number of carbonyl (C=O) groups is 1. The second kappa shape index (κ2) is 5.15. The van der Waals surface area contributed by atoms with Crippen molar-refractivity contribution < 1.29 is 19.8 Å². The van der Waals surface area contributed by atoms with E-state index in [9.17, 15) is 4.79 Å². The maximum atomic E-state index is 10.8. The van der Waals surface area contributed by atoms with Gasteiger partial charge in [-0.05, 0) is 19.9 Å². The third-order valence-corrected chi connectivity index (χ3v) is 1.78. The van der Waals surface area contributed by atoms with Crippen molar-refractivity contribution in [1.29, 1.82) is 0 Å². The molecule has 0 saturated carbocycles. The van der Waals surface area contributed by atoms with E-state index in [1.54, 1.807) is 13.8 Å². The van der Waals surface area contributed by atoms with Crippen LogP contribution >= 0.6 is 0 Å². The topological polar surface area (TPSA) is 118 Å². The normalized spacial score (nSPS) is 11.6. The Kier molecular flexibility index (Phi) is 3.86. The third-order valence-electron chi connectivity index (χ3n) is 1.78. The maximum absolute atomic E-state index is 10.8. The minimum absolute atomic E-state index is 0.113. The number of amidine groups is 1. The number of oxime groups is 1. The molecule has 7 heteroatoms. The summed E-state index contributed by atoms with van der Waals surface area (Å²) >= 11 is 0. The third kappa shape index (κ3) is 3.33. The van der Waals surface area contributed by atoms with Crippen molar-refractivity contribution >= 4 is 11.8 Å². The average Bonchev–Trinajstić information content (AvgIpc) is 2.26. The van der Waals surface area contributed by atoms with E-state index in [4.69, 9.17) is 20.8 Å². The van der Waals surface area contributed by atoms with Gasteiger partial charge in [-0.1, -0.05) is 5.16 Å². The molecule has 0 atom stereocenters. The Balaban J connectivity index is 3.23. The van der Waals surface area contributed by atoms with Gasteiger partial charge in [-0.3, -0.25) is 0 Å². The Hall–Kier alpha value is -2.31. The van der Waals surface area contributed by atoms with E-state index in [-0.39, 0.29) is 29.1 Å². The predicted molar refractivity (Wildman–Crippen MR) is 59.5 cm³/mol. The van der Waals surface area contributed by atoms with Crippen LogP contribution in [0.1, 0.15) is 29.9 Å². The molecule has 0 unspecified atom stereocenters. The number of ether oxygens (including phenoxy) is 1. The Morgan fingerprint density at radius 2 is 2.18 bits per heavy atom. The van der Waals surface area contributed by atoms with Crippen molar-refractivity contribution in [1.82, 2.24) is 4.98 Å². The van der Waals surface area contributed by atoms with E-state index in [2.05, 4.69) is 10.1 Å². The van der Waals surface area contributed by atoms with Crippen LogP contribution in [-0.2, 0) is 0 Å². The SMILES string of the molecule is CC(C)Oc1cc(/C(N)=N/O)cc(C(=O)O)n1. The van der Waals surface area contributed by atoms with Crippen LogP contribution < -0.4 is 10.5 Å². The Labute approximate surface area is 97.5 Å². The lowest BCUT2D eigenvalue weighted by Crippen LogP contribution is -2.16. The fourth-order valence-corrected chi connectivity index (χ4v) is 1.12. The predicted octanol–water partition coefficient (Wildman–Crippen LogP) is 0.662. The van der Waals surface area contributed by atoms with Crippen LogP contribution in [0.25, 0.3) is 0 Å². The highest BCUT2D eigenvalue weighted by Crippen LogP contribution is 2.14. The maximum Gasteiger partial charge on any atom is 0.354 e. The van der Waals surface area contributed by atoms with Gasteiger partial charge in [0.05, 0.1) is 6.10 Å². The van der Waals surface area contributed by atoms with Crippen LogP contribution in [0, 0.1) is 0 Å². The smallest absolute Gasteiger partial charge is 0.354 e. The Morgan fingerprint density at radius 1 is 1.53 bits per heavy atom. The van der Waals surface area contributed by atoms with Crippen LogP contribution in [0.4, 0.5) is 0 Å². The number of pyridine rings is 1. The molecule has 7 nitrogen and oxygen atoms in total. The van der Waals surface area contributed by atoms with Gasteiger partial charge in [-0.15, -0.1) is 0 Å². The molecule has 1 heterocycles. The molecule has 0 fully saturated rings. The van der Waals surface area contributed by atoms with Crippen molar-refractivity contribution in [2.24, 2.45) is 10.9 Å². The summed E-state index contributed by atoms with van der Waals surface area (Å²) in [7, 11) is 0. The van der Waals surface area contributed by atoms with Crippen LogP contribution in [-0.4, -0.2) is 33.2 Å². The van der Waals surface area contributed by atoms with E-state index in [1.165, 1.54) is 12.1 Å². The number of rotatable bonds is 4. The Bertz CT molecular complexity index is 457. The molecule has 0 aliphatic heterocycles. The first kappa shape index (κ1) is 12.8. The van der Waals surface area contributed by atoms with Gasteiger partial charge in [0.2, 0.25) is 5.88 Å². The van der Waals surface area contributed by atoms with Gasteiger partial charge in [0.25, 0.3) is 0 Å². The molecule has 92 valence electrons. The summed E-state index contributed by atoms with van der Waals surface area (Å²) < 4.78 is 5.27. The monoisotopic (exact) mass is 239 g/mol. The number of carboxylic acid groups (broad SMARTS) is 1. The lowest BCUT2D eigenvalue weighted by atomic mass is 10.2.